The van der Waals surface area contributed by atoms with E-state index >= 15 is 0 Å². The summed E-state index contributed by atoms with van der Waals surface area (Å²) >= 11 is 0. The van der Waals surface area contributed by atoms with Crippen molar-refractivity contribution in [3.8, 4) is 6.07 Å². The van der Waals surface area contributed by atoms with Crippen molar-refractivity contribution in [1.82, 2.24) is 14.4 Å². The molecule has 0 aliphatic rings. The molecule has 7 nitrogen and oxygen atoms in total. The van der Waals surface area contributed by atoms with Gasteiger partial charge in [-0.05, 0) is 17.7 Å². The predicted octanol–water partition coefficient (Wildman–Crippen LogP) is 1.50. The third-order valence-electron chi connectivity index (χ3n) is 3.04. The Morgan fingerprint density at radius 3 is 3.10 bits per heavy atom. The molecule has 0 saturated carbocycles. The van der Waals surface area contributed by atoms with Crippen molar-refractivity contribution in [3.63, 3.8) is 0 Å². The molecule has 21 heavy (non-hydrogen) atoms. The molecular formula is C14H13N7. The summed E-state index contributed by atoms with van der Waals surface area (Å²) in [4.78, 5) is 8.61. The number of benzene rings is 1. The second-order valence-corrected chi connectivity index (χ2v) is 4.44. The van der Waals surface area contributed by atoms with Gasteiger partial charge in [-0.3, -0.25) is 0 Å². The van der Waals surface area contributed by atoms with Gasteiger partial charge in [-0.2, -0.15) is 5.26 Å². The molecule has 2 heterocycles. The smallest absolute Gasteiger partial charge is 0.180 e. The lowest BCUT2D eigenvalue weighted by Gasteiger charge is -2.09. The van der Waals surface area contributed by atoms with E-state index in [4.69, 9.17) is 11.1 Å². The first kappa shape index (κ1) is 12.9. The quantitative estimate of drug-likeness (QED) is 0.494. The van der Waals surface area contributed by atoms with E-state index < -0.39 is 0 Å². The number of hydrazine groups is 1. The van der Waals surface area contributed by atoms with E-state index in [1.165, 1.54) is 0 Å². The SMILES string of the molecule is N#Cc1cccc(CNc2nc(NN)cn3ccnc23)c1. The topological polar surface area (TPSA) is 104 Å². The highest BCUT2D eigenvalue weighted by molar-refractivity contribution is 5.65. The van der Waals surface area contributed by atoms with Gasteiger partial charge in [0.25, 0.3) is 0 Å². The summed E-state index contributed by atoms with van der Waals surface area (Å²) < 4.78 is 1.83. The van der Waals surface area contributed by atoms with Crippen LogP contribution >= 0.6 is 0 Å². The Hall–Kier alpha value is -3.11. The Bertz CT molecular complexity index is 816. The van der Waals surface area contributed by atoms with E-state index in [-0.39, 0.29) is 0 Å². The zero-order chi connectivity index (χ0) is 14.7. The van der Waals surface area contributed by atoms with Crippen LogP contribution in [0.25, 0.3) is 5.65 Å². The van der Waals surface area contributed by atoms with E-state index in [0.717, 1.165) is 5.56 Å². The molecule has 0 aliphatic carbocycles. The maximum atomic E-state index is 8.91. The maximum absolute atomic E-state index is 8.91. The summed E-state index contributed by atoms with van der Waals surface area (Å²) in [7, 11) is 0. The molecular weight excluding hydrogens is 266 g/mol. The van der Waals surface area contributed by atoms with E-state index in [9.17, 15) is 0 Å². The van der Waals surface area contributed by atoms with Crippen molar-refractivity contribution in [3.05, 3.63) is 54.0 Å². The standard InChI is InChI=1S/C14H13N7/c15-7-10-2-1-3-11(6-10)8-18-13-14-17-4-5-21(14)9-12(19-13)20-16/h1-6,9,20H,8,16H2,(H,18,19). The van der Waals surface area contributed by atoms with Crippen LogP contribution in [0.15, 0.2) is 42.9 Å². The Morgan fingerprint density at radius 1 is 1.38 bits per heavy atom. The number of imidazole rings is 1. The molecule has 0 spiro atoms. The molecule has 3 rings (SSSR count). The minimum atomic E-state index is 0.536. The van der Waals surface area contributed by atoms with Crippen molar-refractivity contribution in [2.45, 2.75) is 6.54 Å². The molecule has 2 aromatic heterocycles. The number of aromatic nitrogens is 3. The molecule has 3 aromatic rings. The van der Waals surface area contributed by atoms with Crippen LogP contribution in [0.4, 0.5) is 11.6 Å². The lowest BCUT2D eigenvalue weighted by Crippen LogP contribution is -2.12. The molecule has 0 fully saturated rings. The first-order chi connectivity index (χ1) is 10.3. The molecule has 0 atom stereocenters. The van der Waals surface area contributed by atoms with Gasteiger partial charge < -0.3 is 15.1 Å². The number of anilines is 2. The van der Waals surface area contributed by atoms with Gasteiger partial charge in [0.15, 0.2) is 17.3 Å². The third-order valence-corrected chi connectivity index (χ3v) is 3.04. The van der Waals surface area contributed by atoms with Gasteiger partial charge in [-0.15, -0.1) is 0 Å². The van der Waals surface area contributed by atoms with E-state index in [1.54, 1.807) is 18.5 Å². The van der Waals surface area contributed by atoms with Gasteiger partial charge in [-0.1, -0.05) is 12.1 Å². The fourth-order valence-electron chi connectivity index (χ4n) is 2.06. The molecule has 7 heteroatoms. The van der Waals surface area contributed by atoms with Gasteiger partial charge in [0.2, 0.25) is 0 Å². The van der Waals surface area contributed by atoms with Crippen molar-refractivity contribution in [2.75, 3.05) is 10.7 Å². The van der Waals surface area contributed by atoms with Gasteiger partial charge in [0.05, 0.1) is 17.8 Å². The number of nitrogens with zero attached hydrogens (tertiary/aromatic N) is 4. The average molecular weight is 279 g/mol. The summed E-state index contributed by atoms with van der Waals surface area (Å²) in [6.45, 7) is 0.541. The number of nitrogens with two attached hydrogens (primary N) is 1. The molecule has 104 valence electrons. The zero-order valence-electron chi connectivity index (χ0n) is 11.1. The predicted molar refractivity (Wildman–Crippen MR) is 79.3 cm³/mol. The van der Waals surface area contributed by atoms with Crippen LogP contribution in [0.5, 0.6) is 0 Å². The van der Waals surface area contributed by atoms with Crippen LogP contribution in [0.1, 0.15) is 11.1 Å². The Kier molecular flexibility index (Phi) is 3.37. The monoisotopic (exact) mass is 279 g/mol. The Labute approximate surface area is 121 Å². The number of nitrogen functional groups attached to an aromatic ring is 1. The summed E-state index contributed by atoms with van der Waals surface area (Å²) in [6, 6.07) is 9.53. The largest absolute Gasteiger partial charge is 0.363 e. The summed E-state index contributed by atoms with van der Waals surface area (Å²) in [5.74, 6) is 6.57. The van der Waals surface area contributed by atoms with E-state index in [2.05, 4.69) is 26.8 Å². The zero-order valence-corrected chi connectivity index (χ0v) is 11.1. The number of nitriles is 1. The molecule has 0 aliphatic heterocycles. The average Bonchev–Trinajstić information content (AvgIpc) is 3.01. The number of nitrogens with one attached hydrogen (secondary N) is 2. The van der Waals surface area contributed by atoms with Crippen LogP contribution in [0, 0.1) is 11.3 Å². The summed E-state index contributed by atoms with van der Waals surface area (Å²) in [6.07, 6.45) is 5.27. The Balaban J connectivity index is 1.87. The van der Waals surface area contributed by atoms with Crippen LogP contribution in [0.2, 0.25) is 0 Å². The number of hydrogen-bond donors (Lipinski definition) is 3. The number of rotatable bonds is 4. The minimum Gasteiger partial charge on any atom is -0.363 e. The lowest BCUT2D eigenvalue weighted by molar-refractivity contribution is 1.06. The van der Waals surface area contributed by atoms with E-state index in [1.807, 2.05) is 28.8 Å². The fourth-order valence-corrected chi connectivity index (χ4v) is 2.06. The molecule has 1 aromatic carbocycles. The van der Waals surface area contributed by atoms with Crippen LogP contribution in [0.3, 0.4) is 0 Å². The van der Waals surface area contributed by atoms with Crippen molar-refractivity contribution >= 4 is 17.3 Å². The first-order valence-electron chi connectivity index (χ1n) is 6.33. The van der Waals surface area contributed by atoms with Crippen molar-refractivity contribution in [1.29, 1.82) is 5.26 Å². The second-order valence-electron chi connectivity index (χ2n) is 4.44. The summed E-state index contributed by atoms with van der Waals surface area (Å²) in [5.41, 5.74) is 4.86. The fraction of sp³-hybridized carbons (Fsp3) is 0.0714. The Morgan fingerprint density at radius 2 is 2.29 bits per heavy atom. The normalized spacial score (nSPS) is 10.3. The molecule has 0 unspecified atom stereocenters. The highest BCUT2D eigenvalue weighted by Crippen LogP contribution is 2.17. The maximum Gasteiger partial charge on any atom is 0.180 e. The van der Waals surface area contributed by atoms with Gasteiger partial charge in [0.1, 0.15) is 0 Å². The van der Waals surface area contributed by atoms with Crippen LogP contribution in [-0.4, -0.2) is 14.4 Å². The van der Waals surface area contributed by atoms with Crippen LogP contribution < -0.4 is 16.6 Å². The van der Waals surface area contributed by atoms with Gasteiger partial charge >= 0.3 is 0 Å². The molecule has 0 radical (unpaired) electrons. The van der Waals surface area contributed by atoms with Gasteiger partial charge in [0, 0.05) is 18.9 Å². The van der Waals surface area contributed by atoms with Crippen molar-refractivity contribution < 1.29 is 0 Å². The van der Waals surface area contributed by atoms with Gasteiger partial charge in [-0.25, -0.2) is 15.8 Å². The highest BCUT2D eigenvalue weighted by atomic mass is 15.3. The molecule has 0 saturated heterocycles. The third kappa shape index (κ3) is 2.61. The first-order valence-corrected chi connectivity index (χ1v) is 6.33. The molecule has 0 bridgehead atoms. The lowest BCUT2D eigenvalue weighted by atomic mass is 10.1. The minimum absolute atomic E-state index is 0.536. The van der Waals surface area contributed by atoms with E-state index in [0.29, 0.717) is 29.4 Å². The second kappa shape index (κ2) is 5.48. The molecule has 4 N–H and O–H groups in total. The van der Waals surface area contributed by atoms with Crippen LogP contribution in [-0.2, 0) is 6.54 Å². The number of fused-ring (bicyclic) bond motifs is 1. The number of hydrogen-bond acceptors (Lipinski definition) is 6. The summed E-state index contributed by atoms with van der Waals surface area (Å²) in [5, 5.41) is 12.1. The molecule has 0 amide bonds. The highest BCUT2D eigenvalue weighted by Gasteiger charge is 2.07. The van der Waals surface area contributed by atoms with Crippen molar-refractivity contribution in [2.24, 2.45) is 5.84 Å².